The molecule has 0 bridgehead atoms. The maximum absolute atomic E-state index is 5.42. The molecule has 4 aromatic rings. The number of methoxy groups -OCH3 is 1. The van der Waals surface area contributed by atoms with Crippen molar-refractivity contribution in [1.29, 1.82) is 0 Å². The molecule has 0 aliphatic carbocycles. The first-order chi connectivity index (χ1) is 14.8. The van der Waals surface area contributed by atoms with Crippen LogP contribution >= 0.6 is 0 Å². The third kappa shape index (κ3) is 3.62. The van der Waals surface area contributed by atoms with Gasteiger partial charge in [0, 0.05) is 23.3 Å². The fourth-order valence-corrected chi connectivity index (χ4v) is 4.06. The van der Waals surface area contributed by atoms with E-state index in [0.29, 0.717) is 6.04 Å². The number of aromatic nitrogens is 3. The van der Waals surface area contributed by atoms with Crippen molar-refractivity contribution in [2.45, 2.75) is 18.9 Å². The molecule has 1 aliphatic rings. The van der Waals surface area contributed by atoms with Crippen LogP contribution in [0.2, 0.25) is 0 Å². The highest BCUT2D eigenvalue weighted by atomic mass is 16.5. The van der Waals surface area contributed by atoms with Gasteiger partial charge in [0.1, 0.15) is 11.6 Å². The van der Waals surface area contributed by atoms with Crippen LogP contribution in [-0.4, -0.2) is 35.0 Å². The number of fused-ring (bicyclic) bond motifs is 1. The average molecular weight is 398 g/mol. The summed E-state index contributed by atoms with van der Waals surface area (Å²) in [5.74, 6) is 1.50. The van der Waals surface area contributed by atoms with Crippen molar-refractivity contribution >= 4 is 22.3 Å². The lowest BCUT2D eigenvalue weighted by atomic mass is 10.0. The lowest BCUT2D eigenvalue weighted by Gasteiger charge is -2.22. The lowest BCUT2D eigenvalue weighted by molar-refractivity contribution is 0.343. The average Bonchev–Trinajstić information content (AvgIpc) is 3.30. The Morgan fingerprint density at radius 3 is 2.97 bits per heavy atom. The molecule has 3 heterocycles. The fraction of sp³-hybridized carbons (Fsp3) is 0.250. The molecule has 1 aliphatic heterocycles. The molecule has 0 amide bonds. The van der Waals surface area contributed by atoms with Crippen molar-refractivity contribution in [3.8, 4) is 16.9 Å². The van der Waals surface area contributed by atoms with Gasteiger partial charge in [-0.15, -0.1) is 0 Å². The van der Waals surface area contributed by atoms with E-state index in [1.807, 2.05) is 30.6 Å². The van der Waals surface area contributed by atoms with Gasteiger partial charge in [-0.3, -0.25) is 4.68 Å². The van der Waals surface area contributed by atoms with E-state index in [4.69, 9.17) is 4.74 Å². The van der Waals surface area contributed by atoms with Gasteiger partial charge in [0.25, 0.3) is 0 Å². The summed E-state index contributed by atoms with van der Waals surface area (Å²) in [7, 11) is 1.65. The minimum absolute atomic E-state index is 0.469. The largest absolute Gasteiger partial charge is 0.495 e. The molecule has 1 radical (unpaired) electrons. The zero-order valence-corrected chi connectivity index (χ0v) is 16.9. The number of nitrogens with one attached hydrogen (secondary N) is 2. The SMILES string of the molecule is COc1c[c]ccc1Nc1cc2c(-c3cnn(C4CCNCC4)c3)cccc2cn1. The van der Waals surface area contributed by atoms with Crippen molar-refractivity contribution in [3.63, 3.8) is 0 Å². The normalized spacial score (nSPS) is 14.7. The predicted molar refractivity (Wildman–Crippen MR) is 119 cm³/mol. The standard InChI is InChI=1S/C24H24N5O/c1-30-23-8-3-2-7-22(23)28-24-13-21-17(14-26-24)5-4-6-20(21)18-15-27-29(16-18)19-9-11-25-12-10-19/h2,4-8,13-16,19,25H,9-12H2,1H3,(H,26,28). The van der Waals surface area contributed by atoms with Crippen molar-refractivity contribution in [2.75, 3.05) is 25.5 Å². The number of rotatable bonds is 5. The Morgan fingerprint density at radius 1 is 1.20 bits per heavy atom. The van der Waals surface area contributed by atoms with Gasteiger partial charge in [-0.2, -0.15) is 5.10 Å². The van der Waals surface area contributed by atoms with Crippen molar-refractivity contribution < 1.29 is 4.74 Å². The van der Waals surface area contributed by atoms with E-state index in [2.05, 4.69) is 61.9 Å². The summed E-state index contributed by atoms with van der Waals surface area (Å²) in [6, 6.07) is 17.5. The predicted octanol–water partition coefficient (Wildman–Crippen LogP) is 4.58. The fourth-order valence-electron chi connectivity index (χ4n) is 4.06. The van der Waals surface area contributed by atoms with Gasteiger partial charge < -0.3 is 15.4 Å². The number of anilines is 2. The second kappa shape index (κ2) is 8.16. The Balaban J connectivity index is 1.50. The Kier molecular flexibility index (Phi) is 5.07. The van der Waals surface area contributed by atoms with Gasteiger partial charge in [0.15, 0.2) is 0 Å². The summed E-state index contributed by atoms with van der Waals surface area (Å²) >= 11 is 0. The molecule has 0 atom stereocenters. The Morgan fingerprint density at radius 2 is 2.10 bits per heavy atom. The highest BCUT2D eigenvalue weighted by Crippen LogP contribution is 2.32. The first kappa shape index (κ1) is 18.6. The smallest absolute Gasteiger partial charge is 0.142 e. The van der Waals surface area contributed by atoms with Gasteiger partial charge in [0.05, 0.1) is 25.0 Å². The molecule has 0 saturated carbocycles. The summed E-state index contributed by atoms with van der Waals surface area (Å²) in [6.45, 7) is 2.10. The van der Waals surface area contributed by atoms with Crippen molar-refractivity contribution in [2.24, 2.45) is 0 Å². The molecule has 2 aromatic carbocycles. The lowest BCUT2D eigenvalue weighted by Crippen LogP contribution is -2.29. The Bertz CT molecular complexity index is 1160. The van der Waals surface area contributed by atoms with Gasteiger partial charge in [0.2, 0.25) is 0 Å². The van der Waals surface area contributed by atoms with Crippen molar-refractivity contribution in [3.05, 3.63) is 67.1 Å². The minimum Gasteiger partial charge on any atom is -0.495 e. The molecule has 6 nitrogen and oxygen atoms in total. The quantitative estimate of drug-likeness (QED) is 0.515. The van der Waals surface area contributed by atoms with Gasteiger partial charge >= 0.3 is 0 Å². The molecule has 5 rings (SSSR count). The van der Waals surface area contributed by atoms with E-state index in [9.17, 15) is 0 Å². The van der Waals surface area contributed by atoms with Crippen LogP contribution < -0.4 is 15.4 Å². The summed E-state index contributed by atoms with van der Waals surface area (Å²) in [5.41, 5.74) is 3.15. The summed E-state index contributed by atoms with van der Waals surface area (Å²) in [6.07, 6.45) is 8.28. The zero-order valence-electron chi connectivity index (χ0n) is 16.9. The topological polar surface area (TPSA) is 64.0 Å². The van der Waals surface area contributed by atoms with Crippen LogP contribution in [0, 0.1) is 6.07 Å². The summed E-state index contributed by atoms with van der Waals surface area (Å²) in [5, 5.41) is 13.7. The van der Waals surface area contributed by atoms with E-state index in [1.54, 1.807) is 7.11 Å². The number of piperidine rings is 1. The number of hydrogen-bond acceptors (Lipinski definition) is 5. The second-order valence-corrected chi connectivity index (χ2v) is 7.54. The molecule has 1 fully saturated rings. The minimum atomic E-state index is 0.469. The van der Waals surface area contributed by atoms with Crippen LogP contribution in [0.3, 0.4) is 0 Å². The Labute approximate surface area is 175 Å². The van der Waals surface area contributed by atoms with Gasteiger partial charge in [-0.05, 0) is 61.1 Å². The molecular formula is C24H24N5O. The molecule has 2 aromatic heterocycles. The first-order valence-corrected chi connectivity index (χ1v) is 10.3. The molecular weight excluding hydrogens is 374 g/mol. The zero-order chi connectivity index (χ0) is 20.3. The van der Waals surface area contributed by atoms with E-state index in [0.717, 1.165) is 65.1 Å². The number of nitrogens with zero attached hydrogens (tertiary/aromatic N) is 3. The molecule has 0 spiro atoms. The molecule has 151 valence electrons. The number of hydrogen-bond donors (Lipinski definition) is 2. The third-order valence-electron chi connectivity index (χ3n) is 5.67. The van der Waals surface area contributed by atoms with Crippen LogP contribution in [0.5, 0.6) is 5.75 Å². The van der Waals surface area contributed by atoms with Crippen LogP contribution in [0.1, 0.15) is 18.9 Å². The van der Waals surface area contributed by atoms with Gasteiger partial charge in [-0.1, -0.05) is 24.3 Å². The highest BCUT2D eigenvalue weighted by molar-refractivity contribution is 5.97. The number of benzene rings is 2. The van der Waals surface area contributed by atoms with Crippen LogP contribution in [0.15, 0.2) is 61.1 Å². The maximum Gasteiger partial charge on any atom is 0.142 e. The van der Waals surface area contributed by atoms with E-state index in [1.165, 1.54) is 0 Å². The van der Waals surface area contributed by atoms with Gasteiger partial charge in [-0.25, -0.2) is 4.98 Å². The summed E-state index contributed by atoms with van der Waals surface area (Å²) in [4.78, 5) is 4.59. The third-order valence-corrected chi connectivity index (χ3v) is 5.67. The second-order valence-electron chi connectivity index (χ2n) is 7.54. The monoisotopic (exact) mass is 398 g/mol. The molecule has 6 heteroatoms. The molecule has 30 heavy (non-hydrogen) atoms. The van der Waals surface area contributed by atoms with Crippen LogP contribution in [0.4, 0.5) is 11.5 Å². The molecule has 2 N–H and O–H groups in total. The summed E-state index contributed by atoms with van der Waals surface area (Å²) < 4.78 is 7.55. The Hall–Kier alpha value is -3.38. The van der Waals surface area contributed by atoms with Crippen LogP contribution in [-0.2, 0) is 0 Å². The number of pyridine rings is 1. The number of ether oxygens (including phenoxy) is 1. The van der Waals surface area contributed by atoms with E-state index >= 15 is 0 Å². The van der Waals surface area contributed by atoms with E-state index in [-0.39, 0.29) is 0 Å². The molecule has 0 unspecified atom stereocenters. The van der Waals surface area contributed by atoms with Crippen LogP contribution in [0.25, 0.3) is 21.9 Å². The first-order valence-electron chi connectivity index (χ1n) is 10.3. The van der Waals surface area contributed by atoms with Crippen molar-refractivity contribution in [1.82, 2.24) is 20.1 Å². The molecule has 1 saturated heterocycles. The maximum atomic E-state index is 5.42. The highest BCUT2D eigenvalue weighted by Gasteiger charge is 2.17. The van der Waals surface area contributed by atoms with E-state index < -0.39 is 0 Å².